The molecular formula is C21H22ClN3O4. The third kappa shape index (κ3) is 3.41. The van der Waals surface area contributed by atoms with E-state index in [0.29, 0.717) is 28.5 Å². The van der Waals surface area contributed by atoms with Gasteiger partial charge < -0.3 is 24.3 Å². The van der Waals surface area contributed by atoms with Gasteiger partial charge in [0.05, 0.1) is 45.7 Å². The van der Waals surface area contributed by atoms with Gasteiger partial charge in [-0.05, 0) is 47.3 Å². The molecule has 0 spiro atoms. The van der Waals surface area contributed by atoms with Gasteiger partial charge in [-0.2, -0.15) is 0 Å². The molecule has 1 aliphatic rings. The molecule has 0 fully saturated rings. The predicted molar refractivity (Wildman–Crippen MR) is 111 cm³/mol. The van der Waals surface area contributed by atoms with Gasteiger partial charge in [-0.25, -0.2) is 9.97 Å². The molecule has 0 saturated carbocycles. The Morgan fingerprint density at radius 2 is 1.48 bits per heavy atom. The summed E-state index contributed by atoms with van der Waals surface area (Å²) >= 11 is 6.28. The number of aromatic nitrogens is 2. The van der Waals surface area contributed by atoms with E-state index in [1.807, 2.05) is 24.3 Å². The molecule has 4 rings (SSSR count). The quantitative estimate of drug-likeness (QED) is 0.638. The van der Waals surface area contributed by atoms with Gasteiger partial charge in [-0.3, -0.25) is 0 Å². The molecular weight excluding hydrogens is 394 g/mol. The highest BCUT2D eigenvalue weighted by Crippen LogP contribution is 2.40. The average Bonchev–Trinajstić information content (AvgIpc) is 2.76. The van der Waals surface area contributed by atoms with Crippen molar-refractivity contribution in [2.24, 2.45) is 0 Å². The SMILES string of the molecule is COc1cc2c(cc1OC)C(c1nc(Cl)nc3cc(OC)c(OC)cc13)NCC2. The fraction of sp³-hybridized carbons (Fsp3) is 0.333. The Hall–Kier alpha value is -2.77. The first-order valence-electron chi connectivity index (χ1n) is 9.17. The van der Waals surface area contributed by atoms with Crippen LogP contribution in [0.25, 0.3) is 10.9 Å². The Kier molecular flexibility index (Phi) is 5.34. The van der Waals surface area contributed by atoms with Crippen molar-refractivity contribution in [1.29, 1.82) is 0 Å². The minimum Gasteiger partial charge on any atom is -0.493 e. The molecule has 29 heavy (non-hydrogen) atoms. The zero-order chi connectivity index (χ0) is 20.5. The molecule has 0 radical (unpaired) electrons. The van der Waals surface area contributed by atoms with Gasteiger partial charge in [-0.15, -0.1) is 0 Å². The lowest BCUT2D eigenvalue weighted by Crippen LogP contribution is -2.31. The number of nitrogens with one attached hydrogen (secondary N) is 1. The van der Waals surface area contributed by atoms with Gasteiger partial charge in [0.15, 0.2) is 23.0 Å². The summed E-state index contributed by atoms with van der Waals surface area (Å²) in [5, 5.41) is 4.56. The monoisotopic (exact) mass is 415 g/mol. The van der Waals surface area contributed by atoms with Gasteiger partial charge >= 0.3 is 0 Å². The molecule has 2 heterocycles. The summed E-state index contributed by atoms with van der Waals surface area (Å²) in [6.45, 7) is 0.795. The maximum atomic E-state index is 6.28. The van der Waals surface area contributed by atoms with Crippen LogP contribution in [-0.4, -0.2) is 45.0 Å². The van der Waals surface area contributed by atoms with Crippen LogP contribution in [0.3, 0.4) is 0 Å². The van der Waals surface area contributed by atoms with Crippen molar-refractivity contribution >= 4 is 22.5 Å². The van der Waals surface area contributed by atoms with Crippen molar-refractivity contribution in [3.63, 3.8) is 0 Å². The summed E-state index contributed by atoms with van der Waals surface area (Å²) in [7, 11) is 6.46. The van der Waals surface area contributed by atoms with Gasteiger partial charge in [0.1, 0.15) is 0 Å². The number of methoxy groups -OCH3 is 4. The van der Waals surface area contributed by atoms with E-state index in [0.717, 1.165) is 29.6 Å². The zero-order valence-electron chi connectivity index (χ0n) is 16.7. The molecule has 0 amide bonds. The summed E-state index contributed by atoms with van der Waals surface area (Å²) in [6.07, 6.45) is 0.875. The highest BCUT2D eigenvalue weighted by Gasteiger charge is 2.27. The van der Waals surface area contributed by atoms with Crippen LogP contribution in [0.4, 0.5) is 0 Å². The smallest absolute Gasteiger partial charge is 0.223 e. The predicted octanol–water partition coefficient (Wildman–Crippen LogP) is 3.55. The summed E-state index contributed by atoms with van der Waals surface area (Å²) in [4.78, 5) is 8.95. The van der Waals surface area contributed by atoms with Crippen molar-refractivity contribution in [2.75, 3.05) is 35.0 Å². The van der Waals surface area contributed by atoms with E-state index in [4.69, 9.17) is 30.5 Å². The van der Waals surface area contributed by atoms with E-state index < -0.39 is 0 Å². The molecule has 1 unspecified atom stereocenters. The molecule has 0 aliphatic carbocycles. The summed E-state index contributed by atoms with van der Waals surface area (Å²) in [5.41, 5.74) is 3.70. The number of fused-ring (bicyclic) bond motifs is 2. The van der Waals surface area contributed by atoms with Crippen LogP contribution >= 0.6 is 11.6 Å². The van der Waals surface area contributed by atoms with Crippen molar-refractivity contribution in [2.45, 2.75) is 12.5 Å². The fourth-order valence-electron chi connectivity index (χ4n) is 3.80. The highest BCUT2D eigenvalue weighted by atomic mass is 35.5. The van der Waals surface area contributed by atoms with Gasteiger partial charge in [-0.1, -0.05) is 0 Å². The van der Waals surface area contributed by atoms with E-state index >= 15 is 0 Å². The Morgan fingerprint density at radius 1 is 0.862 bits per heavy atom. The van der Waals surface area contributed by atoms with Crippen LogP contribution in [0.2, 0.25) is 5.28 Å². The number of benzene rings is 2. The molecule has 1 aromatic heterocycles. The van der Waals surface area contributed by atoms with Crippen molar-refractivity contribution < 1.29 is 18.9 Å². The van der Waals surface area contributed by atoms with Crippen LogP contribution in [0.1, 0.15) is 22.9 Å². The largest absolute Gasteiger partial charge is 0.493 e. The van der Waals surface area contributed by atoms with Crippen LogP contribution in [-0.2, 0) is 6.42 Å². The molecule has 0 bridgehead atoms. The first-order valence-corrected chi connectivity index (χ1v) is 9.54. The first kappa shape index (κ1) is 19.5. The number of halogens is 1. The van der Waals surface area contributed by atoms with Crippen LogP contribution in [0.5, 0.6) is 23.0 Å². The maximum absolute atomic E-state index is 6.28. The lowest BCUT2D eigenvalue weighted by molar-refractivity contribution is 0.352. The van der Waals surface area contributed by atoms with E-state index in [2.05, 4.69) is 15.3 Å². The second-order valence-electron chi connectivity index (χ2n) is 6.65. The Balaban J connectivity index is 1.94. The van der Waals surface area contributed by atoms with Gasteiger partial charge in [0, 0.05) is 18.0 Å². The number of nitrogens with zero attached hydrogens (tertiary/aromatic N) is 2. The maximum Gasteiger partial charge on any atom is 0.223 e. The Morgan fingerprint density at radius 3 is 2.17 bits per heavy atom. The molecule has 1 aliphatic heterocycles. The molecule has 0 saturated heterocycles. The van der Waals surface area contributed by atoms with Crippen molar-refractivity contribution in [1.82, 2.24) is 15.3 Å². The molecule has 2 aromatic carbocycles. The van der Waals surface area contributed by atoms with E-state index in [9.17, 15) is 0 Å². The molecule has 8 heteroatoms. The molecule has 1 atom stereocenters. The number of hydrogen-bond donors (Lipinski definition) is 1. The van der Waals surface area contributed by atoms with Crippen LogP contribution < -0.4 is 24.3 Å². The van der Waals surface area contributed by atoms with Crippen molar-refractivity contribution in [3.8, 4) is 23.0 Å². The summed E-state index contributed by atoms with van der Waals surface area (Å²) in [5.74, 6) is 2.58. The lowest BCUT2D eigenvalue weighted by Gasteiger charge is -2.28. The second kappa shape index (κ2) is 7.93. The molecule has 3 aromatic rings. The Bertz CT molecular complexity index is 1070. The van der Waals surface area contributed by atoms with Gasteiger partial charge in [0.25, 0.3) is 0 Å². The number of hydrogen-bond acceptors (Lipinski definition) is 7. The minimum atomic E-state index is -0.181. The third-order valence-corrected chi connectivity index (χ3v) is 5.34. The number of ether oxygens (including phenoxy) is 4. The normalized spacial score (nSPS) is 15.7. The topological polar surface area (TPSA) is 74.7 Å². The van der Waals surface area contributed by atoms with E-state index in [-0.39, 0.29) is 11.3 Å². The third-order valence-electron chi connectivity index (χ3n) is 5.18. The molecule has 1 N–H and O–H groups in total. The van der Waals surface area contributed by atoms with E-state index in [1.54, 1.807) is 28.4 Å². The molecule has 7 nitrogen and oxygen atoms in total. The lowest BCUT2D eigenvalue weighted by atomic mass is 9.90. The number of rotatable bonds is 5. The van der Waals surface area contributed by atoms with Crippen LogP contribution in [0, 0.1) is 0 Å². The van der Waals surface area contributed by atoms with Gasteiger partial charge in [0.2, 0.25) is 5.28 Å². The minimum absolute atomic E-state index is 0.175. The zero-order valence-corrected chi connectivity index (χ0v) is 17.5. The summed E-state index contributed by atoms with van der Waals surface area (Å²) < 4.78 is 21.9. The molecule has 152 valence electrons. The van der Waals surface area contributed by atoms with Crippen molar-refractivity contribution in [3.05, 3.63) is 46.4 Å². The highest BCUT2D eigenvalue weighted by molar-refractivity contribution is 6.28. The standard InChI is InChI=1S/C21H22ClN3O4/c1-26-15-7-11-5-6-23-19(12(11)8-16(15)27-2)20-13-9-17(28-3)18(29-4)10-14(13)24-21(22)25-20/h7-10,19,23H,5-6H2,1-4H3. The Labute approximate surface area is 173 Å². The second-order valence-corrected chi connectivity index (χ2v) is 6.98. The summed E-state index contributed by atoms with van der Waals surface area (Å²) in [6, 6.07) is 7.53. The first-order chi connectivity index (χ1) is 14.1. The van der Waals surface area contributed by atoms with E-state index in [1.165, 1.54) is 5.56 Å². The fourth-order valence-corrected chi connectivity index (χ4v) is 3.98. The average molecular weight is 416 g/mol. The van der Waals surface area contributed by atoms with Crippen LogP contribution in [0.15, 0.2) is 24.3 Å².